The molecule has 2 unspecified atom stereocenters. The molecule has 0 spiro atoms. The van der Waals surface area contributed by atoms with Crippen molar-refractivity contribution in [1.29, 1.82) is 0 Å². The fourth-order valence-corrected chi connectivity index (χ4v) is 3.01. The van der Waals surface area contributed by atoms with Crippen LogP contribution in [0.15, 0.2) is 6.07 Å². The van der Waals surface area contributed by atoms with Crippen LogP contribution in [0, 0.1) is 12.3 Å². The Balaban J connectivity index is 2.23. The number of nitrogens with zero attached hydrogens (tertiary/aromatic N) is 2. The van der Waals surface area contributed by atoms with Crippen LogP contribution in [-0.4, -0.2) is 27.5 Å². The maximum absolute atomic E-state index is 10.2. The third-order valence-electron chi connectivity index (χ3n) is 4.08. The monoisotopic (exact) mass is 237 g/mol. The van der Waals surface area contributed by atoms with Gasteiger partial charge in [-0.1, -0.05) is 6.42 Å². The van der Waals surface area contributed by atoms with Crippen molar-refractivity contribution in [3.05, 3.63) is 17.5 Å². The molecule has 1 aromatic rings. The number of aromatic nitrogens is 2. The number of aliphatic hydroxyl groups is 1. The van der Waals surface area contributed by atoms with Crippen LogP contribution in [0.5, 0.6) is 0 Å². The summed E-state index contributed by atoms with van der Waals surface area (Å²) < 4.78 is 2.03. The minimum absolute atomic E-state index is 0.126. The van der Waals surface area contributed by atoms with E-state index in [-0.39, 0.29) is 11.5 Å². The minimum atomic E-state index is -0.256. The minimum Gasteiger partial charge on any atom is -0.392 e. The fourth-order valence-electron chi connectivity index (χ4n) is 3.01. The summed E-state index contributed by atoms with van der Waals surface area (Å²) >= 11 is 0. The molecule has 1 heterocycles. The third-order valence-corrected chi connectivity index (χ3v) is 4.08. The molecule has 0 amide bonds. The Morgan fingerprint density at radius 1 is 1.65 bits per heavy atom. The second kappa shape index (κ2) is 4.78. The molecule has 96 valence electrons. The lowest BCUT2D eigenvalue weighted by Crippen LogP contribution is -2.40. The summed E-state index contributed by atoms with van der Waals surface area (Å²) in [5.74, 6) is 0. The standard InChI is InChI=1S/C13H23N3O/c1-3-16-11(7-10(2)15-16)8-13(9-14)6-4-5-12(13)17/h7,12,17H,3-6,8-9,14H2,1-2H3. The van der Waals surface area contributed by atoms with Gasteiger partial charge in [0.05, 0.1) is 11.8 Å². The van der Waals surface area contributed by atoms with Crippen molar-refractivity contribution >= 4 is 0 Å². The van der Waals surface area contributed by atoms with Crippen LogP contribution in [0.4, 0.5) is 0 Å². The SMILES string of the molecule is CCn1nc(C)cc1CC1(CN)CCCC1O. The molecule has 1 fully saturated rings. The van der Waals surface area contributed by atoms with Gasteiger partial charge in [-0.2, -0.15) is 5.10 Å². The molecule has 4 nitrogen and oxygen atoms in total. The van der Waals surface area contributed by atoms with Crippen molar-refractivity contribution in [1.82, 2.24) is 9.78 Å². The first-order valence-electron chi connectivity index (χ1n) is 6.53. The number of rotatable bonds is 4. The van der Waals surface area contributed by atoms with Gasteiger partial charge in [-0.3, -0.25) is 4.68 Å². The molecule has 0 saturated heterocycles. The maximum Gasteiger partial charge on any atom is 0.0612 e. The third kappa shape index (κ3) is 2.24. The molecule has 2 rings (SSSR count). The molecule has 1 saturated carbocycles. The molecule has 1 aromatic heterocycles. The first-order valence-corrected chi connectivity index (χ1v) is 6.53. The highest BCUT2D eigenvalue weighted by Crippen LogP contribution is 2.40. The highest BCUT2D eigenvalue weighted by atomic mass is 16.3. The Labute approximate surface area is 103 Å². The van der Waals surface area contributed by atoms with Gasteiger partial charge in [-0.05, 0) is 39.2 Å². The summed E-state index contributed by atoms with van der Waals surface area (Å²) in [6.45, 7) is 5.54. The van der Waals surface area contributed by atoms with Crippen molar-refractivity contribution in [2.45, 2.75) is 52.2 Å². The molecule has 17 heavy (non-hydrogen) atoms. The van der Waals surface area contributed by atoms with Gasteiger partial charge in [0.1, 0.15) is 0 Å². The second-order valence-corrected chi connectivity index (χ2v) is 5.24. The molecular formula is C13H23N3O. The number of aryl methyl sites for hydroxylation is 2. The largest absolute Gasteiger partial charge is 0.392 e. The Morgan fingerprint density at radius 2 is 2.41 bits per heavy atom. The number of nitrogens with two attached hydrogens (primary N) is 1. The van der Waals surface area contributed by atoms with E-state index in [1.54, 1.807) is 0 Å². The van der Waals surface area contributed by atoms with E-state index in [9.17, 15) is 5.11 Å². The summed E-state index contributed by atoms with van der Waals surface area (Å²) in [5.41, 5.74) is 8.04. The van der Waals surface area contributed by atoms with Crippen LogP contribution in [0.25, 0.3) is 0 Å². The van der Waals surface area contributed by atoms with E-state index in [0.717, 1.165) is 37.9 Å². The lowest BCUT2D eigenvalue weighted by atomic mass is 9.79. The maximum atomic E-state index is 10.2. The Bertz CT molecular complexity index is 388. The predicted molar refractivity (Wildman–Crippen MR) is 67.7 cm³/mol. The number of aliphatic hydroxyl groups excluding tert-OH is 1. The molecule has 1 aliphatic rings. The van der Waals surface area contributed by atoms with Gasteiger partial charge in [0.25, 0.3) is 0 Å². The summed E-state index contributed by atoms with van der Waals surface area (Å²) in [5, 5.41) is 14.6. The molecule has 0 aromatic carbocycles. The van der Waals surface area contributed by atoms with E-state index in [4.69, 9.17) is 5.73 Å². The highest BCUT2D eigenvalue weighted by molar-refractivity contribution is 5.13. The lowest BCUT2D eigenvalue weighted by molar-refractivity contribution is 0.0573. The average Bonchev–Trinajstić information content (AvgIpc) is 2.84. The van der Waals surface area contributed by atoms with Gasteiger partial charge >= 0.3 is 0 Å². The van der Waals surface area contributed by atoms with E-state index in [1.165, 1.54) is 5.69 Å². The molecule has 2 atom stereocenters. The zero-order chi connectivity index (χ0) is 12.5. The van der Waals surface area contributed by atoms with Gasteiger partial charge < -0.3 is 10.8 Å². The molecular weight excluding hydrogens is 214 g/mol. The Morgan fingerprint density at radius 3 is 2.94 bits per heavy atom. The Hall–Kier alpha value is -0.870. The first-order chi connectivity index (χ1) is 8.11. The van der Waals surface area contributed by atoms with Crippen LogP contribution in [0.2, 0.25) is 0 Å². The number of hydrogen-bond donors (Lipinski definition) is 2. The second-order valence-electron chi connectivity index (χ2n) is 5.24. The van der Waals surface area contributed by atoms with Crippen LogP contribution in [0.1, 0.15) is 37.6 Å². The van der Waals surface area contributed by atoms with Crippen LogP contribution in [-0.2, 0) is 13.0 Å². The summed E-state index contributed by atoms with van der Waals surface area (Å²) in [6.07, 6.45) is 3.58. The first kappa shape index (κ1) is 12.6. The van der Waals surface area contributed by atoms with E-state index in [0.29, 0.717) is 6.54 Å². The smallest absolute Gasteiger partial charge is 0.0612 e. The van der Waals surface area contributed by atoms with Crippen LogP contribution >= 0.6 is 0 Å². The van der Waals surface area contributed by atoms with E-state index in [2.05, 4.69) is 18.1 Å². The topological polar surface area (TPSA) is 64.1 Å². The molecule has 1 aliphatic carbocycles. The van der Waals surface area contributed by atoms with Crippen molar-refractivity contribution in [3.8, 4) is 0 Å². The molecule has 3 N–H and O–H groups in total. The van der Waals surface area contributed by atoms with Gasteiger partial charge in [-0.15, -0.1) is 0 Å². The van der Waals surface area contributed by atoms with Crippen molar-refractivity contribution < 1.29 is 5.11 Å². The molecule has 0 bridgehead atoms. The molecule has 0 aliphatic heterocycles. The predicted octanol–water partition coefficient (Wildman–Crippen LogP) is 1.24. The quantitative estimate of drug-likeness (QED) is 0.828. The zero-order valence-corrected chi connectivity index (χ0v) is 10.8. The van der Waals surface area contributed by atoms with Crippen molar-refractivity contribution in [2.75, 3.05) is 6.54 Å². The summed E-state index contributed by atoms with van der Waals surface area (Å²) in [4.78, 5) is 0. The van der Waals surface area contributed by atoms with Crippen molar-refractivity contribution in [3.63, 3.8) is 0 Å². The van der Waals surface area contributed by atoms with Crippen LogP contribution < -0.4 is 5.73 Å². The van der Waals surface area contributed by atoms with Crippen LogP contribution in [0.3, 0.4) is 0 Å². The normalized spacial score (nSPS) is 28.8. The lowest BCUT2D eigenvalue weighted by Gasteiger charge is -2.31. The van der Waals surface area contributed by atoms with Crippen molar-refractivity contribution in [2.24, 2.45) is 11.1 Å². The average molecular weight is 237 g/mol. The van der Waals surface area contributed by atoms with Gasteiger partial charge in [0.15, 0.2) is 0 Å². The fraction of sp³-hybridized carbons (Fsp3) is 0.769. The Kier molecular flexibility index (Phi) is 3.54. The highest BCUT2D eigenvalue weighted by Gasteiger charge is 2.41. The van der Waals surface area contributed by atoms with E-state index < -0.39 is 0 Å². The van der Waals surface area contributed by atoms with Gasteiger partial charge in [0, 0.05) is 24.2 Å². The van der Waals surface area contributed by atoms with Gasteiger partial charge in [-0.25, -0.2) is 0 Å². The number of hydrogen-bond acceptors (Lipinski definition) is 3. The van der Waals surface area contributed by atoms with E-state index >= 15 is 0 Å². The summed E-state index contributed by atoms with van der Waals surface area (Å²) in [6, 6.07) is 2.12. The summed E-state index contributed by atoms with van der Waals surface area (Å²) in [7, 11) is 0. The molecule has 4 heteroatoms. The zero-order valence-electron chi connectivity index (χ0n) is 10.8. The molecule has 0 radical (unpaired) electrons. The van der Waals surface area contributed by atoms with Gasteiger partial charge in [0.2, 0.25) is 0 Å². The van der Waals surface area contributed by atoms with E-state index in [1.807, 2.05) is 11.6 Å².